The van der Waals surface area contributed by atoms with Crippen molar-refractivity contribution in [1.29, 1.82) is 0 Å². The van der Waals surface area contributed by atoms with E-state index in [-0.39, 0.29) is 40.5 Å². The number of Topliss-reactive ketones (excluding diaryl/α,β-unsaturated/α-hetero) is 1. The van der Waals surface area contributed by atoms with Crippen LogP contribution in [0.5, 0.6) is 17.2 Å². The quantitative estimate of drug-likeness (QED) is 0.250. The van der Waals surface area contributed by atoms with Gasteiger partial charge in [-0.05, 0) is 48.0 Å². The molecule has 0 unspecified atom stereocenters. The molecule has 4 heterocycles. The lowest BCUT2D eigenvalue weighted by Crippen LogP contribution is -2.25. The summed E-state index contributed by atoms with van der Waals surface area (Å²) in [6, 6.07) is 11.6. The average Bonchev–Trinajstić information content (AvgIpc) is 3.19. The summed E-state index contributed by atoms with van der Waals surface area (Å²) in [5.41, 5.74) is 1.84. The first-order valence-corrected chi connectivity index (χ1v) is 10.8. The fourth-order valence-corrected chi connectivity index (χ4v) is 4.48. The molecule has 1 atom stereocenters. The Morgan fingerprint density at radius 1 is 1.09 bits per heavy atom. The van der Waals surface area contributed by atoms with Gasteiger partial charge in [-0.1, -0.05) is 6.07 Å². The lowest BCUT2D eigenvalue weighted by Gasteiger charge is -2.25. The topological polar surface area (TPSA) is 105 Å². The molecule has 35 heavy (non-hydrogen) atoms. The van der Waals surface area contributed by atoms with E-state index in [0.29, 0.717) is 33.4 Å². The highest BCUT2D eigenvalue weighted by molar-refractivity contribution is 6.15. The van der Waals surface area contributed by atoms with Gasteiger partial charge in [-0.3, -0.25) is 19.4 Å². The van der Waals surface area contributed by atoms with Crippen LogP contribution in [0.25, 0.3) is 17.0 Å². The van der Waals surface area contributed by atoms with Gasteiger partial charge in [0.2, 0.25) is 5.78 Å². The van der Waals surface area contributed by atoms with Crippen molar-refractivity contribution in [2.45, 2.75) is 12.3 Å². The van der Waals surface area contributed by atoms with E-state index in [1.165, 1.54) is 13.4 Å². The van der Waals surface area contributed by atoms with Crippen molar-refractivity contribution in [2.75, 3.05) is 7.11 Å². The molecule has 0 N–H and O–H groups in total. The minimum atomic E-state index is -0.724. The van der Waals surface area contributed by atoms with Crippen LogP contribution in [0.2, 0.25) is 0 Å². The Hall–Kier alpha value is -4.72. The second-order valence-electron chi connectivity index (χ2n) is 8.19. The number of hydrogen-bond donors (Lipinski definition) is 0. The maximum absolute atomic E-state index is 13.5. The maximum Gasteiger partial charge on any atom is 0.312 e. The van der Waals surface area contributed by atoms with Crippen LogP contribution in [0.3, 0.4) is 0 Å². The van der Waals surface area contributed by atoms with Gasteiger partial charge in [-0.25, -0.2) is 0 Å². The van der Waals surface area contributed by atoms with Gasteiger partial charge in [-0.15, -0.1) is 0 Å². The van der Waals surface area contributed by atoms with Crippen LogP contribution in [0.15, 0.2) is 76.1 Å². The summed E-state index contributed by atoms with van der Waals surface area (Å²) in [6.45, 7) is 0. The van der Waals surface area contributed by atoms with Crippen LogP contribution < -0.4 is 19.6 Å². The number of rotatable bonds is 3. The number of ketones is 1. The molecule has 2 aliphatic heterocycles. The second-order valence-corrected chi connectivity index (χ2v) is 8.19. The summed E-state index contributed by atoms with van der Waals surface area (Å²) < 4.78 is 22.4. The predicted octanol–water partition coefficient (Wildman–Crippen LogP) is 4.25. The van der Waals surface area contributed by atoms with E-state index in [2.05, 4.69) is 4.98 Å². The van der Waals surface area contributed by atoms with E-state index in [9.17, 15) is 14.4 Å². The molecule has 0 saturated carbocycles. The van der Waals surface area contributed by atoms with Gasteiger partial charge in [-0.2, -0.15) is 0 Å². The molecule has 172 valence electrons. The number of ether oxygens (including phenoxy) is 3. The lowest BCUT2D eigenvalue weighted by molar-refractivity contribution is -0.135. The monoisotopic (exact) mass is 467 g/mol. The zero-order chi connectivity index (χ0) is 24.1. The number of carbonyl (C=O) groups is 2. The first-order chi connectivity index (χ1) is 17.0. The van der Waals surface area contributed by atoms with Gasteiger partial charge in [0.15, 0.2) is 11.2 Å². The van der Waals surface area contributed by atoms with Crippen LogP contribution in [0.4, 0.5) is 0 Å². The standard InChI is InChI=1S/C27H17NO7/c1-32-15-4-6-20-18(10-15)25(30)19(13-33-20)17-11-23(29)34-21-7-5-16-26(31)22(35-27(16)24(17)21)9-14-3-2-8-28-12-14/h2-10,12-13,17H,11H2,1H3/b22-9-/t17-/m0/s1. The van der Waals surface area contributed by atoms with Gasteiger partial charge >= 0.3 is 5.97 Å². The van der Waals surface area contributed by atoms with E-state index in [1.807, 2.05) is 0 Å². The zero-order valence-electron chi connectivity index (χ0n) is 18.4. The minimum absolute atomic E-state index is 0.108. The lowest BCUT2D eigenvalue weighted by atomic mass is 9.85. The van der Waals surface area contributed by atoms with E-state index in [1.54, 1.807) is 60.9 Å². The number of aromatic nitrogens is 1. The number of nitrogens with zero attached hydrogens (tertiary/aromatic N) is 1. The summed E-state index contributed by atoms with van der Waals surface area (Å²) in [5.74, 6) is -0.396. The largest absolute Gasteiger partial charge is 0.497 e. The van der Waals surface area contributed by atoms with Crippen molar-refractivity contribution in [3.8, 4) is 17.2 Å². The number of methoxy groups -OCH3 is 1. The normalized spacial score (nSPS) is 17.6. The van der Waals surface area contributed by atoms with E-state index >= 15 is 0 Å². The molecular formula is C27H17NO7. The summed E-state index contributed by atoms with van der Waals surface area (Å²) in [4.78, 5) is 43.1. The Balaban J connectivity index is 1.51. The molecule has 2 aromatic carbocycles. The number of allylic oxidation sites excluding steroid dienone is 1. The summed E-state index contributed by atoms with van der Waals surface area (Å²) in [5, 5.41) is 0.323. The highest BCUT2D eigenvalue weighted by Gasteiger charge is 2.39. The fraction of sp³-hybridized carbons (Fsp3) is 0.111. The summed E-state index contributed by atoms with van der Waals surface area (Å²) in [6.07, 6.45) is 6.09. The van der Waals surface area contributed by atoms with Crippen LogP contribution in [0, 0.1) is 0 Å². The SMILES string of the molecule is COc1ccc2occ([C@@H]3CC(=O)Oc4ccc5c(c43)O/C(=C\c3cccnc3)C5=O)c(=O)c2c1. The molecule has 0 fully saturated rings. The Labute approximate surface area is 198 Å². The van der Waals surface area contributed by atoms with E-state index in [0.717, 1.165) is 0 Å². The molecular weight excluding hydrogens is 450 g/mol. The smallest absolute Gasteiger partial charge is 0.312 e. The Bertz CT molecular complexity index is 1620. The molecule has 0 radical (unpaired) electrons. The number of fused-ring (bicyclic) bond motifs is 4. The third-order valence-corrected chi connectivity index (χ3v) is 6.14. The molecule has 2 aromatic heterocycles. The Kier molecular flexibility index (Phi) is 4.74. The molecule has 0 saturated heterocycles. The van der Waals surface area contributed by atoms with Gasteiger partial charge in [0.25, 0.3) is 0 Å². The molecule has 0 amide bonds. The number of pyridine rings is 1. The molecule has 0 spiro atoms. The molecule has 8 nitrogen and oxygen atoms in total. The highest BCUT2D eigenvalue weighted by atomic mass is 16.5. The Morgan fingerprint density at radius 3 is 2.77 bits per heavy atom. The first-order valence-electron chi connectivity index (χ1n) is 10.8. The van der Waals surface area contributed by atoms with Crippen LogP contribution in [-0.4, -0.2) is 23.8 Å². The van der Waals surface area contributed by atoms with Gasteiger partial charge < -0.3 is 18.6 Å². The third kappa shape index (κ3) is 3.38. The molecule has 4 aromatic rings. The summed E-state index contributed by atoms with van der Waals surface area (Å²) >= 11 is 0. The number of hydrogen-bond acceptors (Lipinski definition) is 8. The minimum Gasteiger partial charge on any atom is -0.497 e. The van der Waals surface area contributed by atoms with Crippen LogP contribution >= 0.6 is 0 Å². The van der Waals surface area contributed by atoms with Crippen molar-refractivity contribution in [1.82, 2.24) is 4.98 Å². The van der Waals surface area contributed by atoms with E-state index in [4.69, 9.17) is 18.6 Å². The van der Waals surface area contributed by atoms with Crippen molar-refractivity contribution in [3.05, 3.63) is 99.4 Å². The van der Waals surface area contributed by atoms with Crippen molar-refractivity contribution < 1.29 is 28.2 Å². The third-order valence-electron chi connectivity index (χ3n) is 6.14. The van der Waals surface area contributed by atoms with Crippen molar-refractivity contribution >= 4 is 28.8 Å². The molecule has 2 aliphatic rings. The number of esters is 1. The van der Waals surface area contributed by atoms with Crippen molar-refractivity contribution in [3.63, 3.8) is 0 Å². The Morgan fingerprint density at radius 2 is 1.97 bits per heavy atom. The number of carbonyl (C=O) groups excluding carboxylic acids is 2. The molecule has 0 bridgehead atoms. The van der Waals surface area contributed by atoms with Crippen LogP contribution in [-0.2, 0) is 4.79 Å². The fourth-order valence-electron chi connectivity index (χ4n) is 4.48. The van der Waals surface area contributed by atoms with E-state index < -0.39 is 11.9 Å². The summed E-state index contributed by atoms with van der Waals surface area (Å²) in [7, 11) is 1.51. The van der Waals surface area contributed by atoms with Crippen molar-refractivity contribution in [2.24, 2.45) is 0 Å². The second kappa shape index (κ2) is 7.95. The highest BCUT2D eigenvalue weighted by Crippen LogP contribution is 2.48. The number of benzene rings is 2. The average molecular weight is 467 g/mol. The van der Waals surface area contributed by atoms with Gasteiger partial charge in [0, 0.05) is 29.4 Å². The maximum atomic E-state index is 13.5. The predicted molar refractivity (Wildman–Crippen MR) is 125 cm³/mol. The van der Waals surface area contributed by atoms with Gasteiger partial charge in [0.05, 0.1) is 30.7 Å². The van der Waals surface area contributed by atoms with Crippen LogP contribution in [0.1, 0.15) is 39.4 Å². The first kappa shape index (κ1) is 20.9. The molecule has 6 rings (SSSR count). The molecule has 0 aliphatic carbocycles. The zero-order valence-corrected chi connectivity index (χ0v) is 18.4. The van der Waals surface area contributed by atoms with Gasteiger partial charge in [0.1, 0.15) is 22.8 Å². The molecule has 8 heteroatoms.